The van der Waals surface area contributed by atoms with E-state index in [1.54, 1.807) is 27.4 Å². The monoisotopic (exact) mass is 444 g/mol. The normalized spacial score (nSPS) is 18.0. The van der Waals surface area contributed by atoms with Crippen LogP contribution in [-0.4, -0.2) is 66.6 Å². The smallest absolute Gasteiger partial charge is 0.258 e. The van der Waals surface area contributed by atoms with Crippen LogP contribution in [-0.2, 0) is 0 Å². The Morgan fingerprint density at radius 3 is 2.67 bits per heavy atom. The third-order valence-corrected chi connectivity index (χ3v) is 6.93. The van der Waals surface area contributed by atoms with Crippen LogP contribution in [0, 0.1) is 12.8 Å². The summed E-state index contributed by atoms with van der Waals surface area (Å²) in [7, 11) is 0. The van der Waals surface area contributed by atoms with Crippen LogP contribution >= 0.6 is 0 Å². The second-order valence-corrected chi connectivity index (χ2v) is 9.28. The first kappa shape index (κ1) is 20.3. The number of piperidine rings is 1. The standard InChI is InChI=1S/C24H28N8O/c1-17-26-24-25-13-19(15-32(24)28-17)21-12-23(33)31-16-20(4-5-22(31)27-21)30-10-6-18(7-11-30)14-29-8-2-3-9-29/h4-5,12-13,15-16,18H,2-3,6-11,14H2,1H3. The van der Waals surface area contributed by atoms with Crippen LogP contribution in [0.15, 0.2) is 41.6 Å². The lowest BCUT2D eigenvalue weighted by atomic mass is 9.96. The maximum atomic E-state index is 13.0. The first-order valence-electron chi connectivity index (χ1n) is 11.8. The summed E-state index contributed by atoms with van der Waals surface area (Å²) >= 11 is 0. The predicted octanol–water partition coefficient (Wildman–Crippen LogP) is 2.42. The molecule has 0 unspecified atom stereocenters. The Hall–Kier alpha value is -3.33. The van der Waals surface area contributed by atoms with E-state index in [0.29, 0.717) is 22.9 Å². The lowest BCUT2D eigenvalue weighted by molar-refractivity contribution is 0.249. The van der Waals surface area contributed by atoms with E-state index in [4.69, 9.17) is 4.98 Å². The number of likely N-dealkylation sites (tertiary alicyclic amines) is 1. The zero-order valence-electron chi connectivity index (χ0n) is 18.9. The van der Waals surface area contributed by atoms with E-state index in [1.807, 2.05) is 19.2 Å². The van der Waals surface area contributed by atoms with Gasteiger partial charge in [-0.1, -0.05) is 0 Å². The summed E-state index contributed by atoms with van der Waals surface area (Å²) < 4.78 is 3.26. The van der Waals surface area contributed by atoms with Crippen molar-refractivity contribution in [1.82, 2.24) is 33.9 Å². The molecule has 0 atom stereocenters. The fourth-order valence-corrected chi connectivity index (χ4v) is 5.15. The molecule has 6 heterocycles. The van der Waals surface area contributed by atoms with Gasteiger partial charge < -0.3 is 9.80 Å². The van der Waals surface area contributed by atoms with E-state index in [-0.39, 0.29) is 5.56 Å². The molecule has 2 aliphatic heterocycles. The summed E-state index contributed by atoms with van der Waals surface area (Å²) in [6, 6.07) is 5.57. The molecule has 2 aliphatic rings. The highest BCUT2D eigenvalue weighted by molar-refractivity contribution is 5.62. The second-order valence-electron chi connectivity index (χ2n) is 9.28. The summed E-state index contributed by atoms with van der Waals surface area (Å²) in [4.78, 5) is 31.3. The molecular weight excluding hydrogens is 416 g/mol. The number of aryl methyl sites for hydroxylation is 1. The molecule has 0 aromatic carbocycles. The number of fused-ring (bicyclic) bond motifs is 2. The number of hydrogen-bond acceptors (Lipinski definition) is 7. The van der Waals surface area contributed by atoms with Crippen molar-refractivity contribution < 1.29 is 0 Å². The zero-order chi connectivity index (χ0) is 22.4. The van der Waals surface area contributed by atoms with Gasteiger partial charge in [0.05, 0.1) is 11.4 Å². The number of pyridine rings is 1. The highest BCUT2D eigenvalue weighted by Crippen LogP contribution is 2.25. The van der Waals surface area contributed by atoms with E-state index in [0.717, 1.165) is 30.3 Å². The van der Waals surface area contributed by atoms with E-state index in [2.05, 4.69) is 30.9 Å². The topological polar surface area (TPSA) is 83.9 Å². The number of hydrogen-bond donors (Lipinski definition) is 0. The van der Waals surface area contributed by atoms with Crippen molar-refractivity contribution >= 4 is 17.1 Å². The molecule has 0 amide bonds. The van der Waals surface area contributed by atoms with Gasteiger partial charge in [-0.25, -0.2) is 14.5 Å². The lowest BCUT2D eigenvalue weighted by Crippen LogP contribution is -2.38. The maximum absolute atomic E-state index is 13.0. The van der Waals surface area contributed by atoms with Gasteiger partial charge in [0.2, 0.25) is 0 Å². The summed E-state index contributed by atoms with van der Waals surface area (Å²) in [5.74, 6) is 1.97. The largest absolute Gasteiger partial charge is 0.370 e. The third-order valence-electron chi connectivity index (χ3n) is 6.93. The van der Waals surface area contributed by atoms with Gasteiger partial charge in [0.15, 0.2) is 0 Å². The Morgan fingerprint density at radius 2 is 1.85 bits per heavy atom. The van der Waals surface area contributed by atoms with Crippen LogP contribution < -0.4 is 10.5 Å². The Morgan fingerprint density at radius 1 is 1.03 bits per heavy atom. The Balaban J connectivity index is 1.22. The fourth-order valence-electron chi connectivity index (χ4n) is 5.15. The van der Waals surface area contributed by atoms with E-state index in [1.165, 1.54) is 45.3 Å². The third kappa shape index (κ3) is 3.97. The second kappa shape index (κ2) is 8.22. The van der Waals surface area contributed by atoms with E-state index < -0.39 is 0 Å². The molecule has 0 bridgehead atoms. The van der Waals surface area contributed by atoms with Crippen molar-refractivity contribution in [2.45, 2.75) is 32.6 Å². The van der Waals surface area contributed by atoms with Gasteiger partial charge >= 0.3 is 0 Å². The fraction of sp³-hybridized carbons (Fsp3) is 0.458. The van der Waals surface area contributed by atoms with Gasteiger partial charge in [0, 0.05) is 49.9 Å². The summed E-state index contributed by atoms with van der Waals surface area (Å²) in [5, 5.41) is 4.30. The van der Waals surface area contributed by atoms with Crippen LogP contribution in [0.4, 0.5) is 5.69 Å². The molecule has 4 aromatic heterocycles. The maximum Gasteiger partial charge on any atom is 0.258 e. The molecular formula is C24H28N8O. The van der Waals surface area contributed by atoms with Gasteiger partial charge in [-0.2, -0.15) is 10.1 Å². The Labute approximate surface area is 191 Å². The minimum Gasteiger partial charge on any atom is -0.370 e. The van der Waals surface area contributed by atoms with Crippen LogP contribution in [0.3, 0.4) is 0 Å². The summed E-state index contributed by atoms with van der Waals surface area (Å²) in [5.41, 5.74) is 2.92. The van der Waals surface area contributed by atoms with Crippen molar-refractivity contribution in [3.8, 4) is 11.3 Å². The Bertz CT molecular complexity index is 1360. The first-order valence-corrected chi connectivity index (χ1v) is 11.8. The summed E-state index contributed by atoms with van der Waals surface area (Å²) in [6.45, 7) is 7.67. The van der Waals surface area contributed by atoms with Crippen molar-refractivity contribution in [2.75, 3.05) is 37.6 Å². The van der Waals surface area contributed by atoms with Crippen molar-refractivity contribution in [1.29, 1.82) is 0 Å². The highest BCUT2D eigenvalue weighted by Gasteiger charge is 2.23. The molecule has 9 nitrogen and oxygen atoms in total. The number of aromatic nitrogens is 6. The minimum atomic E-state index is -0.101. The molecule has 170 valence electrons. The molecule has 2 saturated heterocycles. The molecule has 0 radical (unpaired) electrons. The molecule has 0 aliphatic carbocycles. The van der Waals surface area contributed by atoms with Crippen LogP contribution in [0.25, 0.3) is 22.7 Å². The quantitative estimate of drug-likeness (QED) is 0.478. The predicted molar refractivity (Wildman–Crippen MR) is 127 cm³/mol. The number of anilines is 1. The van der Waals surface area contributed by atoms with Gasteiger partial charge in [-0.15, -0.1) is 0 Å². The average Bonchev–Trinajstić information content (AvgIpc) is 3.47. The van der Waals surface area contributed by atoms with Crippen molar-refractivity contribution in [3.05, 3.63) is 53.0 Å². The molecule has 4 aromatic rings. The number of rotatable bonds is 4. The molecule has 0 spiro atoms. The van der Waals surface area contributed by atoms with Crippen molar-refractivity contribution in [2.24, 2.45) is 5.92 Å². The first-order chi connectivity index (χ1) is 16.1. The van der Waals surface area contributed by atoms with Gasteiger partial charge in [0.25, 0.3) is 11.3 Å². The van der Waals surface area contributed by atoms with E-state index in [9.17, 15) is 4.79 Å². The number of nitrogens with zero attached hydrogens (tertiary/aromatic N) is 8. The molecule has 33 heavy (non-hydrogen) atoms. The van der Waals surface area contributed by atoms with Gasteiger partial charge in [-0.3, -0.25) is 9.20 Å². The minimum absolute atomic E-state index is 0.101. The van der Waals surface area contributed by atoms with Gasteiger partial charge in [-0.05, 0) is 63.7 Å². The SMILES string of the molecule is Cc1nc2ncc(-c3cc(=O)n4cc(N5CCC(CN6CCCC6)CC5)ccc4n3)cn2n1. The van der Waals surface area contributed by atoms with Crippen LogP contribution in [0.2, 0.25) is 0 Å². The van der Waals surface area contributed by atoms with E-state index >= 15 is 0 Å². The molecule has 2 fully saturated rings. The molecule has 0 saturated carbocycles. The molecule has 0 N–H and O–H groups in total. The molecule has 9 heteroatoms. The summed E-state index contributed by atoms with van der Waals surface area (Å²) in [6.07, 6.45) is 10.5. The molecule has 6 rings (SSSR count). The zero-order valence-corrected chi connectivity index (χ0v) is 18.9. The van der Waals surface area contributed by atoms with Crippen molar-refractivity contribution in [3.63, 3.8) is 0 Å². The van der Waals surface area contributed by atoms with Gasteiger partial charge in [0.1, 0.15) is 11.5 Å². The van der Waals surface area contributed by atoms with Crippen LogP contribution in [0.1, 0.15) is 31.5 Å². The lowest BCUT2D eigenvalue weighted by Gasteiger charge is -2.35. The average molecular weight is 445 g/mol. The highest BCUT2D eigenvalue weighted by atomic mass is 16.1. The van der Waals surface area contributed by atoms with Crippen LogP contribution in [0.5, 0.6) is 0 Å². The Kier molecular flexibility index (Phi) is 5.05.